The van der Waals surface area contributed by atoms with Gasteiger partial charge in [-0.05, 0) is 49.7 Å². The third kappa shape index (κ3) is 2.53. The van der Waals surface area contributed by atoms with Crippen molar-refractivity contribution in [3.63, 3.8) is 0 Å². The van der Waals surface area contributed by atoms with E-state index in [4.69, 9.17) is 17.3 Å². The lowest BCUT2D eigenvalue weighted by Crippen LogP contribution is -2.28. The number of nitrogens with two attached hydrogens (primary N) is 1. The van der Waals surface area contributed by atoms with E-state index < -0.39 is 0 Å². The zero-order chi connectivity index (χ0) is 10.8. The summed E-state index contributed by atoms with van der Waals surface area (Å²) in [5.41, 5.74) is 7.11. The van der Waals surface area contributed by atoms with E-state index in [1.54, 1.807) is 0 Å². The molecule has 0 radical (unpaired) electrons. The van der Waals surface area contributed by atoms with Crippen LogP contribution in [0.4, 0.5) is 0 Å². The number of benzene rings is 1. The van der Waals surface area contributed by atoms with Gasteiger partial charge in [-0.15, -0.1) is 0 Å². The van der Waals surface area contributed by atoms with E-state index in [9.17, 15) is 0 Å². The topological polar surface area (TPSA) is 26.0 Å². The Hall–Kier alpha value is -0.530. The lowest BCUT2D eigenvalue weighted by atomic mass is 9.69. The van der Waals surface area contributed by atoms with Crippen LogP contribution in [0.25, 0.3) is 0 Å². The molecule has 2 rings (SSSR count). The van der Waals surface area contributed by atoms with Gasteiger partial charge in [0.05, 0.1) is 0 Å². The molecule has 82 valence electrons. The zero-order valence-corrected chi connectivity index (χ0v) is 9.87. The quantitative estimate of drug-likeness (QED) is 0.833. The summed E-state index contributed by atoms with van der Waals surface area (Å²) in [6.45, 7) is 2.09. The molecule has 15 heavy (non-hydrogen) atoms. The maximum Gasteiger partial charge on any atom is 0.0440 e. The van der Waals surface area contributed by atoms with Crippen LogP contribution in [-0.2, 0) is 0 Å². The van der Waals surface area contributed by atoms with Crippen LogP contribution in [-0.4, -0.2) is 6.04 Å². The van der Waals surface area contributed by atoms with Crippen LogP contribution in [0.3, 0.4) is 0 Å². The van der Waals surface area contributed by atoms with Gasteiger partial charge in [-0.25, -0.2) is 0 Å². The number of hydrogen-bond acceptors (Lipinski definition) is 1. The summed E-state index contributed by atoms with van der Waals surface area (Å²) in [5, 5.41) is 0.918. The fourth-order valence-corrected chi connectivity index (χ4v) is 2.80. The van der Waals surface area contributed by atoms with Crippen LogP contribution < -0.4 is 5.73 Å². The molecule has 1 aliphatic rings. The largest absolute Gasteiger partial charge is 0.328 e. The summed E-state index contributed by atoms with van der Waals surface area (Å²) >= 11 is 6.16. The molecular weight excluding hydrogens is 206 g/mol. The zero-order valence-electron chi connectivity index (χ0n) is 9.12. The molecule has 1 atom stereocenters. The first-order valence-corrected chi connectivity index (χ1v) is 6.04. The Balaban J connectivity index is 1.92. The van der Waals surface area contributed by atoms with Crippen molar-refractivity contribution in [2.24, 2.45) is 11.7 Å². The standard InChI is InChI=1S/C13H18ClN/c1-9(15)6-10-7-11(8-10)12-4-2-3-5-13(12)14/h2-5,9-11H,6-8,15H2,1H3. The van der Waals surface area contributed by atoms with Crippen LogP contribution >= 0.6 is 11.6 Å². The van der Waals surface area contributed by atoms with Crippen LogP contribution in [0.5, 0.6) is 0 Å². The van der Waals surface area contributed by atoms with Gasteiger partial charge >= 0.3 is 0 Å². The summed E-state index contributed by atoms with van der Waals surface area (Å²) in [6.07, 6.45) is 3.66. The van der Waals surface area contributed by atoms with Gasteiger partial charge in [-0.1, -0.05) is 29.8 Å². The number of hydrogen-bond donors (Lipinski definition) is 1. The molecule has 1 nitrogen and oxygen atoms in total. The minimum atomic E-state index is 0.335. The van der Waals surface area contributed by atoms with Gasteiger partial charge in [0.1, 0.15) is 0 Å². The van der Waals surface area contributed by atoms with Gasteiger partial charge in [0.2, 0.25) is 0 Å². The fourth-order valence-electron chi connectivity index (χ4n) is 2.51. The maximum atomic E-state index is 6.16. The predicted octanol–water partition coefficient (Wildman–Crippen LogP) is 3.57. The summed E-state index contributed by atoms with van der Waals surface area (Å²) < 4.78 is 0. The molecule has 0 spiro atoms. The molecule has 0 bridgehead atoms. The SMILES string of the molecule is CC(N)CC1CC(c2ccccc2Cl)C1. The van der Waals surface area contributed by atoms with Crippen molar-refractivity contribution in [2.45, 2.75) is 38.1 Å². The van der Waals surface area contributed by atoms with Gasteiger partial charge in [-0.2, -0.15) is 0 Å². The molecular formula is C13H18ClN. The second-order valence-corrected chi connectivity index (χ2v) is 5.18. The molecule has 0 heterocycles. The average Bonchev–Trinajstić information content (AvgIpc) is 2.12. The second-order valence-electron chi connectivity index (χ2n) is 4.77. The van der Waals surface area contributed by atoms with E-state index in [0.29, 0.717) is 12.0 Å². The number of halogens is 1. The molecule has 1 saturated carbocycles. The highest BCUT2D eigenvalue weighted by Gasteiger charge is 2.31. The van der Waals surface area contributed by atoms with Crippen LogP contribution in [0.2, 0.25) is 5.02 Å². The molecule has 1 aromatic carbocycles. The molecule has 1 aliphatic carbocycles. The molecule has 0 saturated heterocycles. The smallest absolute Gasteiger partial charge is 0.0440 e. The Kier molecular flexibility index (Phi) is 3.32. The Labute approximate surface area is 96.6 Å². The molecule has 2 heteroatoms. The van der Waals surface area contributed by atoms with Crippen LogP contribution in [0, 0.1) is 5.92 Å². The van der Waals surface area contributed by atoms with Crippen LogP contribution in [0.1, 0.15) is 37.7 Å². The van der Waals surface area contributed by atoms with Gasteiger partial charge in [0.25, 0.3) is 0 Å². The Morgan fingerprint density at radius 3 is 2.67 bits per heavy atom. The summed E-state index contributed by atoms with van der Waals surface area (Å²) in [6, 6.07) is 8.52. The first kappa shape index (κ1) is 11.0. The van der Waals surface area contributed by atoms with Crippen LogP contribution in [0.15, 0.2) is 24.3 Å². The first-order chi connectivity index (χ1) is 7.16. The lowest BCUT2D eigenvalue weighted by Gasteiger charge is -2.37. The molecule has 1 fully saturated rings. The highest BCUT2D eigenvalue weighted by molar-refractivity contribution is 6.31. The predicted molar refractivity (Wildman–Crippen MR) is 65.2 cm³/mol. The van der Waals surface area contributed by atoms with Crippen molar-refractivity contribution in [2.75, 3.05) is 0 Å². The van der Waals surface area contributed by atoms with E-state index in [0.717, 1.165) is 17.4 Å². The Bertz CT molecular complexity index is 329. The molecule has 0 aliphatic heterocycles. The van der Waals surface area contributed by atoms with Gasteiger partial charge in [0.15, 0.2) is 0 Å². The second kappa shape index (κ2) is 4.54. The summed E-state index contributed by atoms with van der Waals surface area (Å²) in [4.78, 5) is 0. The van der Waals surface area contributed by atoms with Crippen molar-refractivity contribution < 1.29 is 0 Å². The monoisotopic (exact) mass is 223 g/mol. The third-order valence-corrected chi connectivity index (χ3v) is 3.63. The van der Waals surface area contributed by atoms with Crippen molar-refractivity contribution >= 4 is 11.6 Å². The summed E-state index contributed by atoms with van der Waals surface area (Å²) in [7, 11) is 0. The van der Waals surface area contributed by atoms with Crippen molar-refractivity contribution in [1.82, 2.24) is 0 Å². The fraction of sp³-hybridized carbons (Fsp3) is 0.538. The van der Waals surface area contributed by atoms with E-state index >= 15 is 0 Å². The first-order valence-electron chi connectivity index (χ1n) is 5.67. The minimum absolute atomic E-state index is 0.335. The van der Waals surface area contributed by atoms with E-state index in [2.05, 4.69) is 19.1 Å². The average molecular weight is 224 g/mol. The molecule has 0 aromatic heterocycles. The maximum absolute atomic E-state index is 6.16. The summed E-state index contributed by atoms with van der Waals surface area (Å²) in [5.74, 6) is 1.48. The Morgan fingerprint density at radius 1 is 1.40 bits per heavy atom. The highest BCUT2D eigenvalue weighted by atomic mass is 35.5. The van der Waals surface area contributed by atoms with Crippen molar-refractivity contribution in [1.29, 1.82) is 0 Å². The van der Waals surface area contributed by atoms with Crippen molar-refractivity contribution in [3.8, 4) is 0 Å². The molecule has 1 aromatic rings. The van der Waals surface area contributed by atoms with Crippen molar-refractivity contribution in [3.05, 3.63) is 34.9 Å². The minimum Gasteiger partial charge on any atom is -0.328 e. The van der Waals surface area contributed by atoms with Gasteiger partial charge in [0, 0.05) is 11.1 Å². The van der Waals surface area contributed by atoms with Gasteiger partial charge in [-0.3, -0.25) is 0 Å². The lowest BCUT2D eigenvalue weighted by molar-refractivity contribution is 0.237. The van der Waals surface area contributed by atoms with Gasteiger partial charge < -0.3 is 5.73 Å². The van der Waals surface area contributed by atoms with E-state index in [1.165, 1.54) is 18.4 Å². The highest BCUT2D eigenvalue weighted by Crippen LogP contribution is 2.45. The number of rotatable bonds is 3. The Morgan fingerprint density at radius 2 is 2.07 bits per heavy atom. The van der Waals surface area contributed by atoms with E-state index in [1.807, 2.05) is 12.1 Å². The molecule has 2 N–H and O–H groups in total. The molecule has 0 amide bonds. The molecule has 1 unspecified atom stereocenters. The normalized spacial score (nSPS) is 27.1. The van der Waals surface area contributed by atoms with E-state index in [-0.39, 0.29) is 0 Å². The third-order valence-electron chi connectivity index (χ3n) is 3.29.